The molecule has 3 heterocycles. The molecule has 4 rings (SSSR count). The summed E-state index contributed by atoms with van der Waals surface area (Å²) in [5.41, 5.74) is 1.81. The summed E-state index contributed by atoms with van der Waals surface area (Å²) in [6.45, 7) is 1.88. The largest absolute Gasteiger partial charge is 0.486 e. The zero-order chi connectivity index (χ0) is 22.7. The minimum absolute atomic E-state index is 0.0674. The molecular formula is C22H24F3N3O4. The Bertz CT molecular complexity index is 975. The van der Waals surface area contributed by atoms with Crippen molar-refractivity contribution in [2.75, 3.05) is 31.2 Å². The highest BCUT2D eigenvalue weighted by atomic mass is 19.4. The maximum Gasteiger partial charge on any atom is 0.389 e. The number of aliphatic carboxylic acids is 1. The van der Waals surface area contributed by atoms with Gasteiger partial charge in [-0.1, -0.05) is 0 Å². The highest BCUT2D eigenvalue weighted by Crippen LogP contribution is 2.37. The van der Waals surface area contributed by atoms with Crippen molar-refractivity contribution in [2.45, 2.75) is 38.3 Å². The van der Waals surface area contributed by atoms with E-state index in [1.165, 1.54) is 6.20 Å². The first-order valence-electron chi connectivity index (χ1n) is 10.6. The number of hydrogen-bond donors (Lipinski definition) is 1. The number of benzene rings is 1. The monoisotopic (exact) mass is 451 g/mol. The van der Waals surface area contributed by atoms with E-state index < -0.39 is 24.5 Å². The molecule has 2 aliphatic heterocycles. The molecule has 1 fully saturated rings. The number of aryl methyl sites for hydroxylation is 1. The lowest BCUT2D eigenvalue weighted by Gasteiger charge is -2.32. The quantitative estimate of drug-likeness (QED) is 0.708. The zero-order valence-corrected chi connectivity index (χ0v) is 17.4. The van der Waals surface area contributed by atoms with E-state index in [1.54, 1.807) is 6.07 Å². The number of piperidine rings is 1. The van der Waals surface area contributed by atoms with E-state index in [4.69, 9.17) is 9.47 Å². The molecule has 1 aromatic heterocycles. The van der Waals surface area contributed by atoms with E-state index in [-0.39, 0.29) is 12.8 Å². The molecule has 7 nitrogen and oxygen atoms in total. The van der Waals surface area contributed by atoms with Crippen LogP contribution < -0.4 is 14.4 Å². The van der Waals surface area contributed by atoms with Gasteiger partial charge in [0.1, 0.15) is 18.9 Å². The fraction of sp³-hybridized carbons (Fsp3) is 0.500. The molecule has 0 unspecified atom stereocenters. The topological polar surface area (TPSA) is 84.8 Å². The number of ether oxygens (including phenoxy) is 2. The Labute approximate surface area is 183 Å². The Morgan fingerprint density at radius 1 is 1.16 bits per heavy atom. The molecule has 2 aliphatic rings. The minimum Gasteiger partial charge on any atom is -0.486 e. The van der Waals surface area contributed by atoms with Crippen molar-refractivity contribution >= 4 is 11.8 Å². The van der Waals surface area contributed by atoms with Crippen molar-refractivity contribution in [2.24, 2.45) is 5.92 Å². The van der Waals surface area contributed by atoms with Crippen molar-refractivity contribution in [1.82, 2.24) is 9.97 Å². The fourth-order valence-electron chi connectivity index (χ4n) is 3.96. The second kappa shape index (κ2) is 9.22. The Balaban J connectivity index is 1.62. The Kier molecular flexibility index (Phi) is 6.38. The molecule has 0 spiro atoms. The van der Waals surface area contributed by atoms with Crippen molar-refractivity contribution in [3.8, 4) is 22.8 Å². The van der Waals surface area contributed by atoms with Crippen LogP contribution >= 0.6 is 0 Å². The summed E-state index contributed by atoms with van der Waals surface area (Å²) < 4.78 is 48.8. The molecule has 0 saturated carbocycles. The lowest BCUT2D eigenvalue weighted by atomic mass is 9.97. The van der Waals surface area contributed by atoms with Gasteiger partial charge in [-0.05, 0) is 43.9 Å². The van der Waals surface area contributed by atoms with E-state index in [2.05, 4.69) is 9.97 Å². The third-order valence-corrected chi connectivity index (χ3v) is 5.66. The van der Waals surface area contributed by atoms with Gasteiger partial charge < -0.3 is 19.5 Å². The SMILES string of the molecule is O=C(O)C1CCN(c2nc(CCCC(F)(F)F)cnc2-c2ccc3c(c2)OCCO3)CC1. The summed E-state index contributed by atoms with van der Waals surface area (Å²) in [6.07, 6.45) is -2.55. The summed E-state index contributed by atoms with van der Waals surface area (Å²) >= 11 is 0. The number of rotatable bonds is 6. The molecule has 0 atom stereocenters. The van der Waals surface area contributed by atoms with Crippen LogP contribution in [0.5, 0.6) is 11.5 Å². The maximum atomic E-state index is 12.5. The van der Waals surface area contributed by atoms with Crippen LogP contribution in [-0.2, 0) is 11.2 Å². The van der Waals surface area contributed by atoms with Crippen molar-refractivity contribution in [3.63, 3.8) is 0 Å². The van der Waals surface area contributed by atoms with Crippen LogP contribution in [0.1, 0.15) is 31.4 Å². The van der Waals surface area contributed by atoms with E-state index in [9.17, 15) is 23.1 Å². The number of anilines is 1. The Morgan fingerprint density at radius 2 is 1.88 bits per heavy atom. The van der Waals surface area contributed by atoms with Crippen LogP contribution in [0.3, 0.4) is 0 Å². The first-order valence-corrected chi connectivity index (χ1v) is 10.6. The number of halogens is 3. The molecule has 10 heteroatoms. The van der Waals surface area contributed by atoms with Crippen LogP contribution in [0.4, 0.5) is 19.0 Å². The number of carboxylic acid groups (broad SMARTS) is 1. The summed E-state index contributed by atoms with van der Waals surface area (Å²) in [7, 11) is 0. The predicted molar refractivity (Wildman–Crippen MR) is 110 cm³/mol. The first-order chi connectivity index (χ1) is 15.3. The molecule has 1 saturated heterocycles. The van der Waals surface area contributed by atoms with Gasteiger partial charge in [0.25, 0.3) is 0 Å². The van der Waals surface area contributed by atoms with Gasteiger partial charge in [-0.2, -0.15) is 13.2 Å². The standard InChI is InChI=1S/C22H24F3N3O4/c23-22(24,25)7-1-2-16-13-26-19(15-3-4-17-18(12-15)32-11-10-31-17)20(27-16)28-8-5-14(6-9-28)21(29)30/h3-4,12-14H,1-2,5-11H2,(H,29,30). The summed E-state index contributed by atoms with van der Waals surface area (Å²) in [4.78, 5) is 22.5. The summed E-state index contributed by atoms with van der Waals surface area (Å²) in [5, 5.41) is 9.28. The van der Waals surface area contributed by atoms with Gasteiger partial charge in [0, 0.05) is 31.3 Å². The van der Waals surface area contributed by atoms with Crippen LogP contribution in [0.15, 0.2) is 24.4 Å². The predicted octanol–water partition coefficient (Wildman–Crippen LogP) is 4.10. The van der Waals surface area contributed by atoms with E-state index in [0.717, 1.165) is 5.56 Å². The third kappa shape index (κ3) is 5.23. The number of alkyl halides is 3. The summed E-state index contributed by atoms with van der Waals surface area (Å²) in [6, 6.07) is 5.45. The third-order valence-electron chi connectivity index (χ3n) is 5.66. The molecule has 32 heavy (non-hydrogen) atoms. The van der Waals surface area contributed by atoms with Gasteiger partial charge in [-0.15, -0.1) is 0 Å². The molecule has 0 amide bonds. The second-order valence-electron chi connectivity index (χ2n) is 7.96. The molecule has 0 radical (unpaired) electrons. The van der Waals surface area contributed by atoms with E-state index in [1.807, 2.05) is 17.0 Å². The van der Waals surface area contributed by atoms with Gasteiger partial charge >= 0.3 is 12.1 Å². The molecule has 2 aromatic rings. The number of aromatic nitrogens is 2. The lowest BCUT2D eigenvalue weighted by Crippen LogP contribution is -2.37. The van der Waals surface area contributed by atoms with Crippen LogP contribution in [0, 0.1) is 5.92 Å². The maximum absolute atomic E-state index is 12.5. The van der Waals surface area contributed by atoms with Gasteiger partial charge in [0.2, 0.25) is 0 Å². The van der Waals surface area contributed by atoms with Gasteiger partial charge in [-0.3, -0.25) is 9.78 Å². The average molecular weight is 451 g/mol. The zero-order valence-electron chi connectivity index (χ0n) is 17.4. The number of fused-ring (bicyclic) bond motifs is 1. The molecule has 172 valence electrons. The normalized spacial score (nSPS) is 16.8. The molecular weight excluding hydrogens is 427 g/mol. The highest BCUT2D eigenvalue weighted by Gasteiger charge is 2.29. The summed E-state index contributed by atoms with van der Waals surface area (Å²) in [5.74, 6) is 0.562. The van der Waals surface area contributed by atoms with Crippen molar-refractivity contribution < 1.29 is 32.5 Å². The molecule has 1 aromatic carbocycles. The van der Waals surface area contributed by atoms with E-state index >= 15 is 0 Å². The smallest absolute Gasteiger partial charge is 0.389 e. The number of nitrogens with zero attached hydrogens (tertiary/aromatic N) is 3. The Hall–Kier alpha value is -3.04. The van der Waals surface area contributed by atoms with Crippen LogP contribution in [0.2, 0.25) is 0 Å². The number of carbonyl (C=O) groups is 1. The number of carboxylic acids is 1. The van der Waals surface area contributed by atoms with Crippen LogP contribution in [-0.4, -0.2) is 53.5 Å². The Morgan fingerprint density at radius 3 is 2.56 bits per heavy atom. The fourth-order valence-corrected chi connectivity index (χ4v) is 3.96. The van der Waals surface area contributed by atoms with Crippen LogP contribution in [0.25, 0.3) is 11.3 Å². The minimum atomic E-state index is -4.21. The highest BCUT2D eigenvalue weighted by molar-refractivity contribution is 5.75. The first kappa shape index (κ1) is 22.2. The lowest BCUT2D eigenvalue weighted by molar-refractivity contribution is -0.142. The van der Waals surface area contributed by atoms with Crippen molar-refractivity contribution in [1.29, 1.82) is 0 Å². The molecule has 1 N–H and O–H groups in total. The second-order valence-corrected chi connectivity index (χ2v) is 7.96. The molecule has 0 bridgehead atoms. The van der Waals surface area contributed by atoms with Crippen molar-refractivity contribution in [3.05, 3.63) is 30.1 Å². The molecule has 0 aliphatic carbocycles. The number of hydrogen-bond acceptors (Lipinski definition) is 6. The van der Waals surface area contributed by atoms with Gasteiger partial charge in [0.15, 0.2) is 17.3 Å². The van der Waals surface area contributed by atoms with Gasteiger partial charge in [-0.25, -0.2) is 4.98 Å². The van der Waals surface area contributed by atoms with Gasteiger partial charge in [0.05, 0.1) is 11.6 Å². The average Bonchev–Trinajstić information content (AvgIpc) is 2.78. The van der Waals surface area contributed by atoms with E-state index in [0.29, 0.717) is 67.8 Å².